The number of ketones is 1. The van der Waals surface area contributed by atoms with Crippen molar-refractivity contribution in [3.05, 3.63) is 29.1 Å². The Kier molecular flexibility index (Phi) is 2.82. The van der Waals surface area contributed by atoms with Crippen molar-refractivity contribution in [2.24, 2.45) is 5.92 Å². The maximum Gasteiger partial charge on any atom is 0.170 e. The van der Waals surface area contributed by atoms with Gasteiger partial charge in [0.05, 0.1) is 6.61 Å². The summed E-state index contributed by atoms with van der Waals surface area (Å²) in [6.07, 6.45) is 2.53. The molecular weight excluding hydrogens is 190 g/mol. The molecule has 1 aliphatic heterocycles. The Labute approximate surface area is 89.5 Å². The number of hydrogen-bond acceptors (Lipinski definition) is 3. The highest BCUT2D eigenvalue weighted by Gasteiger charge is 2.25. The first-order valence-electron chi connectivity index (χ1n) is 5.23. The summed E-state index contributed by atoms with van der Waals surface area (Å²) in [6, 6.07) is 1.95. The van der Waals surface area contributed by atoms with Crippen LogP contribution in [0.15, 0.2) is 12.3 Å². The lowest BCUT2D eigenvalue weighted by atomic mass is 9.95. The maximum atomic E-state index is 12.1. The minimum Gasteiger partial charge on any atom is -0.381 e. The number of pyridine rings is 1. The third-order valence-corrected chi connectivity index (χ3v) is 2.81. The van der Waals surface area contributed by atoms with E-state index in [1.165, 1.54) is 0 Å². The maximum absolute atomic E-state index is 12.1. The van der Waals surface area contributed by atoms with Gasteiger partial charge >= 0.3 is 0 Å². The molecule has 3 nitrogen and oxygen atoms in total. The van der Waals surface area contributed by atoms with E-state index in [9.17, 15) is 4.79 Å². The van der Waals surface area contributed by atoms with Gasteiger partial charge in [-0.05, 0) is 31.9 Å². The lowest BCUT2D eigenvalue weighted by molar-refractivity contribution is 0.0899. The van der Waals surface area contributed by atoms with E-state index in [2.05, 4.69) is 4.98 Å². The third-order valence-electron chi connectivity index (χ3n) is 2.81. The van der Waals surface area contributed by atoms with Crippen LogP contribution in [-0.2, 0) is 4.74 Å². The number of carbonyl (C=O) groups is 1. The molecule has 1 fully saturated rings. The zero-order chi connectivity index (χ0) is 10.8. The number of rotatable bonds is 2. The number of nitrogens with zero attached hydrogens (tertiary/aromatic N) is 1. The van der Waals surface area contributed by atoms with Crippen LogP contribution in [0, 0.1) is 19.8 Å². The highest BCUT2D eigenvalue weighted by Crippen LogP contribution is 2.20. The molecule has 1 unspecified atom stereocenters. The zero-order valence-corrected chi connectivity index (χ0v) is 9.12. The zero-order valence-electron chi connectivity index (χ0n) is 9.12. The van der Waals surface area contributed by atoms with Crippen LogP contribution >= 0.6 is 0 Å². The molecule has 1 aromatic heterocycles. The first kappa shape index (κ1) is 10.3. The fourth-order valence-electron chi connectivity index (χ4n) is 1.92. The van der Waals surface area contributed by atoms with Crippen molar-refractivity contribution in [2.75, 3.05) is 13.2 Å². The molecule has 1 aliphatic rings. The molecule has 0 amide bonds. The van der Waals surface area contributed by atoms with Gasteiger partial charge in [0, 0.05) is 30.0 Å². The van der Waals surface area contributed by atoms with Crippen LogP contribution in [0.3, 0.4) is 0 Å². The van der Waals surface area contributed by atoms with E-state index >= 15 is 0 Å². The molecule has 0 radical (unpaired) electrons. The Bertz CT molecular complexity index is 381. The van der Waals surface area contributed by atoms with Gasteiger partial charge in [0.15, 0.2) is 5.78 Å². The van der Waals surface area contributed by atoms with Crippen LogP contribution in [0.25, 0.3) is 0 Å². The van der Waals surface area contributed by atoms with E-state index in [1.807, 2.05) is 19.9 Å². The van der Waals surface area contributed by atoms with Crippen molar-refractivity contribution < 1.29 is 9.53 Å². The summed E-state index contributed by atoms with van der Waals surface area (Å²) in [7, 11) is 0. The molecule has 3 heteroatoms. The average Bonchev–Trinajstić information content (AvgIpc) is 2.69. The number of aryl methyl sites for hydroxylation is 2. The molecule has 0 spiro atoms. The van der Waals surface area contributed by atoms with E-state index in [0.717, 1.165) is 23.2 Å². The van der Waals surface area contributed by atoms with Gasteiger partial charge in [-0.15, -0.1) is 0 Å². The summed E-state index contributed by atoms with van der Waals surface area (Å²) >= 11 is 0. The van der Waals surface area contributed by atoms with Crippen molar-refractivity contribution in [3.8, 4) is 0 Å². The van der Waals surface area contributed by atoms with Crippen LogP contribution in [0.2, 0.25) is 0 Å². The van der Waals surface area contributed by atoms with Crippen molar-refractivity contribution in [1.29, 1.82) is 0 Å². The molecule has 0 N–H and O–H groups in total. The minimum atomic E-state index is 0.0354. The Balaban J connectivity index is 2.24. The van der Waals surface area contributed by atoms with Crippen LogP contribution in [0.5, 0.6) is 0 Å². The summed E-state index contributed by atoms with van der Waals surface area (Å²) in [5, 5.41) is 0. The number of carbonyl (C=O) groups excluding carboxylic acids is 1. The van der Waals surface area contributed by atoms with Gasteiger partial charge in [0.2, 0.25) is 0 Å². The van der Waals surface area contributed by atoms with E-state index in [1.54, 1.807) is 6.20 Å². The van der Waals surface area contributed by atoms with E-state index in [4.69, 9.17) is 4.74 Å². The SMILES string of the molecule is Cc1cc(C)c(C(=O)C2CCOC2)cn1. The van der Waals surface area contributed by atoms with Gasteiger partial charge in [-0.2, -0.15) is 0 Å². The molecule has 0 bridgehead atoms. The highest BCUT2D eigenvalue weighted by atomic mass is 16.5. The van der Waals surface area contributed by atoms with Gasteiger partial charge < -0.3 is 4.74 Å². The number of ether oxygens (including phenoxy) is 1. The Hall–Kier alpha value is -1.22. The lowest BCUT2D eigenvalue weighted by Crippen LogP contribution is -2.16. The van der Waals surface area contributed by atoms with Crippen molar-refractivity contribution in [1.82, 2.24) is 4.98 Å². The predicted octanol–water partition coefficient (Wildman–Crippen LogP) is 1.92. The molecule has 1 saturated heterocycles. The van der Waals surface area contributed by atoms with Crippen LogP contribution in [0.4, 0.5) is 0 Å². The molecule has 2 rings (SSSR count). The summed E-state index contributed by atoms with van der Waals surface area (Å²) < 4.78 is 5.22. The van der Waals surface area contributed by atoms with Gasteiger partial charge in [-0.3, -0.25) is 9.78 Å². The molecule has 15 heavy (non-hydrogen) atoms. The Morgan fingerprint density at radius 2 is 2.33 bits per heavy atom. The third kappa shape index (κ3) is 2.07. The first-order valence-corrected chi connectivity index (χ1v) is 5.23. The second kappa shape index (κ2) is 4.11. The van der Waals surface area contributed by atoms with Crippen molar-refractivity contribution in [2.45, 2.75) is 20.3 Å². The van der Waals surface area contributed by atoms with Gasteiger partial charge in [0.1, 0.15) is 0 Å². The monoisotopic (exact) mass is 205 g/mol. The standard InChI is InChI=1S/C12H15NO2/c1-8-5-9(2)13-6-11(8)12(14)10-3-4-15-7-10/h5-6,10H,3-4,7H2,1-2H3. The highest BCUT2D eigenvalue weighted by molar-refractivity contribution is 5.99. The van der Waals surface area contributed by atoms with E-state index < -0.39 is 0 Å². The van der Waals surface area contributed by atoms with E-state index in [0.29, 0.717) is 13.2 Å². The molecule has 1 aromatic rings. The number of hydrogen-bond donors (Lipinski definition) is 0. The predicted molar refractivity (Wildman–Crippen MR) is 57.0 cm³/mol. The van der Waals surface area contributed by atoms with Gasteiger partial charge in [0.25, 0.3) is 0 Å². The fraction of sp³-hybridized carbons (Fsp3) is 0.500. The smallest absolute Gasteiger partial charge is 0.170 e. The van der Waals surface area contributed by atoms with Gasteiger partial charge in [-0.25, -0.2) is 0 Å². The largest absolute Gasteiger partial charge is 0.381 e. The molecule has 2 heterocycles. The molecule has 1 atom stereocenters. The Morgan fingerprint density at radius 3 is 2.93 bits per heavy atom. The molecule has 0 saturated carbocycles. The van der Waals surface area contributed by atoms with Crippen molar-refractivity contribution >= 4 is 5.78 Å². The summed E-state index contributed by atoms with van der Waals surface area (Å²) in [5.41, 5.74) is 2.71. The fourth-order valence-corrected chi connectivity index (χ4v) is 1.92. The molecular formula is C12H15NO2. The molecule has 80 valence electrons. The second-order valence-corrected chi connectivity index (χ2v) is 4.07. The number of Topliss-reactive ketones (excluding diaryl/α,β-unsaturated/α-hetero) is 1. The minimum absolute atomic E-state index is 0.0354. The first-order chi connectivity index (χ1) is 7.18. The van der Waals surface area contributed by atoms with Crippen molar-refractivity contribution in [3.63, 3.8) is 0 Å². The summed E-state index contributed by atoms with van der Waals surface area (Å²) in [4.78, 5) is 16.2. The quantitative estimate of drug-likeness (QED) is 0.692. The topological polar surface area (TPSA) is 39.2 Å². The normalized spacial score (nSPS) is 20.5. The Morgan fingerprint density at radius 1 is 1.53 bits per heavy atom. The molecule has 0 aliphatic carbocycles. The average molecular weight is 205 g/mol. The summed E-state index contributed by atoms with van der Waals surface area (Å²) in [6.45, 7) is 5.15. The number of aromatic nitrogens is 1. The van der Waals surface area contributed by atoms with Crippen LogP contribution < -0.4 is 0 Å². The summed E-state index contributed by atoms with van der Waals surface area (Å²) in [5.74, 6) is 0.214. The lowest BCUT2D eigenvalue weighted by Gasteiger charge is -2.09. The second-order valence-electron chi connectivity index (χ2n) is 4.07. The van der Waals surface area contributed by atoms with E-state index in [-0.39, 0.29) is 11.7 Å². The molecule has 0 aromatic carbocycles. The van der Waals surface area contributed by atoms with Gasteiger partial charge in [-0.1, -0.05) is 0 Å². The van der Waals surface area contributed by atoms with Crippen LogP contribution in [-0.4, -0.2) is 24.0 Å². The van der Waals surface area contributed by atoms with Crippen LogP contribution in [0.1, 0.15) is 28.0 Å².